The fraction of sp³-hybridized carbons (Fsp3) is 0.421. The van der Waals surface area contributed by atoms with E-state index in [4.69, 9.17) is 4.74 Å². The maximum atomic E-state index is 12.2. The van der Waals surface area contributed by atoms with Crippen molar-refractivity contribution in [3.05, 3.63) is 29.8 Å². The van der Waals surface area contributed by atoms with Crippen LogP contribution in [-0.2, 0) is 4.79 Å². The first kappa shape index (κ1) is 17.1. The van der Waals surface area contributed by atoms with E-state index in [2.05, 4.69) is 21.6 Å². The highest BCUT2D eigenvalue weighted by Crippen LogP contribution is 2.28. The van der Waals surface area contributed by atoms with E-state index in [0.29, 0.717) is 11.8 Å². The van der Waals surface area contributed by atoms with Gasteiger partial charge in [-0.25, -0.2) is 0 Å². The number of nitrogens with zero attached hydrogens (tertiary/aromatic N) is 3. The first-order chi connectivity index (χ1) is 12.7. The van der Waals surface area contributed by atoms with Crippen molar-refractivity contribution in [2.24, 2.45) is 0 Å². The topological polar surface area (TPSA) is 68.5 Å². The highest BCUT2D eigenvalue weighted by Gasteiger charge is 2.18. The number of hydrogen-bond donors (Lipinski definition) is 1. The number of pyridine rings is 1. The third kappa shape index (κ3) is 3.23. The Morgan fingerprint density at radius 1 is 1.31 bits per heavy atom. The number of ether oxygens (including phenoxy) is 1. The van der Waals surface area contributed by atoms with Crippen LogP contribution in [0.2, 0.25) is 0 Å². The molecule has 0 bridgehead atoms. The molecule has 1 aliphatic carbocycles. The largest absolute Gasteiger partial charge is 0.497 e. The van der Waals surface area contributed by atoms with Gasteiger partial charge in [0, 0.05) is 11.4 Å². The summed E-state index contributed by atoms with van der Waals surface area (Å²) < 4.78 is 7.35. The Labute approximate surface area is 156 Å². The number of aryl methyl sites for hydroxylation is 1. The van der Waals surface area contributed by atoms with Crippen molar-refractivity contribution >= 4 is 34.2 Å². The molecule has 3 aromatic rings. The molecule has 6 nitrogen and oxygen atoms in total. The van der Waals surface area contributed by atoms with Gasteiger partial charge in [-0.15, -0.1) is 10.2 Å². The van der Waals surface area contributed by atoms with Crippen LogP contribution in [0, 0.1) is 6.92 Å². The molecule has 0 atom stereocenters. The van der Waals surface area contributed by atoms with Crippen LogP contribution in [0.25, 0.3) is 16.6 Å². The molecular weight excluding hydrogens is 348 g/mol. The molecule has 1 aliphatic rings. The SMILES string of the molecule is COc1ccc2c(c1)cc(C)c1nnc(SCC(=O)NC3CCCC3)n12. The van der Waals surface area contributed by atoms with E-state index in [9.17, 15) is 4.79 Å². The van der Waals surface area contributed by atoms with Crippen molar-refractivity contribution in [3.63, 3.8) is 0 Å². The monoisotopic (exact) mass is 370 g/mol. The number of methoxy groups -OCH3 is 1. The smallest absolute Gasteiger partial charge is 0.230 e. The Morgan fingerprint density at radius 2 is 2.12 bits per heavy atom. The van der Waals surface area contributed by atoms with Crippen LogP contribution in [0.4, 0.5) is 0 Å². The van der Waals surface area contributed by atoms with Gasteiger partial charge in [0.05, 0.1) is 18.4 Å². The third-order valence-corrected chi connectivity index (χ3v) is 5.82. The average Bonchev–Trinajstić information content (AvgIpc) is 3.29. The first-order valence-electron chi connectivity index (χ1n) is 8.90. The predicted octanol–water partition coefficient (Wildman–Crippen LogP) is 3.35. The Hall–Kier alpha value is -2.28. The number of fused-ring (bicyclic) bond motifs is 3. The lowest BCUT2D eigenvalue weighted by atomic mass is 10.1. The fourth-order valence-electron chi connectivity index (χ4n) is 3.58. The lowest BCUT2D eigenvalue weighted by Gasteiger charge is -2.11. The predicted molar refractivity (Wildman–Crippen MR) is 103 cm³/mol. The number of carbonyl (C=O) groups excluding carboxylic acids is 1. The quantitative estimate of drug-likeness (QED) is 0.698. The summed E-state index contributed by atoms with van der Waals surface area (Å²) in [6, 6.07) is 8.37. The van der Waals surface area contributed by atoms with Gasteiger partial charge in [-0.1, -0.05) is 24.6 Å². The van der Waals surface area contributed by atoms with E-state index < -0.39 is 0 Å². The van der Waals surface area contributed by atoms with Crippen LogP contribution in [0.15, 0.2) is 29.4 Å². The van der Waals surface area contributed by atoms with Crippen molar-refractivity contribution in [1.82, 2.24) is 19.9 Å². The van der Waals surface area contributed by atoms with E-state index >= 15 is 0 Å². The van der Waals surface area contributed by atoms with Gasteiger partial charge in [-0.05, 0) is 49.6 Å². The normalized spacial score (nSPS) is 15.0. The van der Waals surface area contributed by atoms with Crippen LogP contribution < -0.4 is 10.1 Å². The van der Waals surface area contributed by atoms with Crippen LogP contribution in [0.3, 0.4) is 0 Å². The molecule has 136 valence electrons. The zero-order valence-corrected chi connectivity index (χ0v) is 15.8. The van der Waals surface area contributed by atoms with E-state index in [1.807, 2.05) is 29.5 Å². The van der Waals surface area contributed by atoms with Gasteiger partial charge in [0.1, 0.15) is 5.75 Å². The number of benzene rings is 1. The van der Waals surface area contributed by atoms with Crippen molar-refractivity contribution < 1.29 is 9.53 Å². The van der Waals surface area contributed by atoms with Crippen LogP contribution >= 0.6 is 11.8 Å². The Morgan fingerprint density at radius 3 is 2.88 bits per heavy atom. The zero-order valence-electron chi connectivity index (χ0n) is 15.0. The molecule has 2 heterocycles. The number of carbonyl (C=O) groups is 1. The Bertz CT molecular complexity index is 963. The maximum Gasteiger partial charge on any atom is 0.230 e. The number of hydrogen-bond acceptors (Lipinski definition) is 5. The Balaban J connectivity index is 1.61. The molecule has 0 saturated heterocycles. The number of amides is 1. The molecule has 4 rings (SSSR count). The molecule has 26 heavy (non-hydrogen) atoms. The summed E-state index contributed by atoms with van der Waals surface area (Å²) in [6.07, 6.45) is 4.61. The average molecular weight is 370 g/mol. The summed E-state index contributed by atoms with van der Waals surface area (Å²) >= 11 is 1.43. The molecule has 0 spiro atoms. The van der Waals surface area contributed by atoms with Gasteiger partial charge >= 0.3 is 0 Å². The lowest BCUT2D eigenvalue weighted by Crippen LogP contribution is -2.33. The molecule has 7 heteroatoms. The van der Waals surface area contributed by atoms with Gasteiger partial charge in [-0.2, -0.15) is 0 Å². The highest BCUT2D eigenvalue weighted by molar-refractivity contribution is 7.99. The fourth-order valence-corrected chi connectivity index (χ4v) is 4.34. The zero-order chi connectivity index (χ0) is 18.1. The van der Waals surface area contributed by atoms with Crippen molar-refractivity contribution in [2.75, 3.05) is 12.9 Å². The van der Waals surface area contributed by atoms with Crippen molar-refractivity contribution in [3.8, 4) is 5.75 Å². The Kier molecular flexibility index (Phi) is 4.72. The van der Waals surface area contributed by atoms with Crippen LogP contribution in [0.5, 0.6) is 5.75 Å². The van der Waals surface area contributed by atoms with E-state index in [1.165, 1.54) is 24.6 Å². The van der Waals surface area contributed by atoms with E-state index in [1.54, 1.807) is 7.11 Å². The minimum absolute atomic E-state index is 0.0669. The van der Waals surface area contributed by atoms with Gasteiger partial charge in [0.2, 0.25) is 5.91 Å². The molecule has 0 radical (unpaired) electrons. The minimum atomic E-state index is 0.0669. The van der Waals surface area contributed by atoms with Gasteiger partial charge in [-0.3, -0.25) is 9.20 Å². The second-order valence-electron chi connectivity index (χ2n) is 6.73. The third-order valence-electron chi connectivity index (χ3n) is 4.89. The first-order valence-corrected chi connectivity index (χ1v) is 9.89. The highest BCUT2D eigenvalue weighted by atomic mass is 32.2. The molecule has 1 fully saturated rings. The molecule has 1 amide bonds. The van der Waals surface area contributed by atoms with Crippen molar-refractivity contribution in [1.29, 1.82) is 0 Å². The number of nitrogens with one attached hydrogen (secondary N) is 1. The molecule has 1 N–H and O–H groups in total. The molecular formula is C19H22N4O2S. The molecule has 1 saturated carbocycles. The summed E-state index contributed by atoms with van der Waals surface area (Å²) in [5.41, 5.74) is 2.87. The summed E-state index contributed by atoms with van der Waals surface area (Å²) in [5.74, 6) is 1.23. The summed E-state index contributed by atoms with van der Waals surface area (Å²) in [6.45, 7) is 2.02. The van der Waals surface area contributed by atoms with E-state index in [0.717, 1.165) is 45.9 Å². The number of rotatable bonds is 5. The van der Waals surface area contributed by atoms with Crippen LogP contribution in [0.1, 0.15) is 31.2 Å². The van der Waals surface area contributed by atoms with Crippen LogP contribution in [-0.4, -0.2) is 39.4 Å². The second-order valence-corrected chi connectivity index (χ2v) is 7.67. The lowest BCUT2D eigenvalue weighted by molar-refractivity contribution is -0.119. The molecule has 0 unspecified atom stereocenters. The van der Waals surface area contributed by atoms with Crippen molar-refractivity contribution in [2.45, 2.75) is 43.8 Å². The standard InChI is InChI=1S/C19H22N4O2S/c1-12-9-13-10-15(25-2)7-8-16(13)23-18(12)21-22-19(23)26-11-17(24)20-14-5-3-4-6-14/h7-10,14H,3-6,11H2,1-2H3,(H,20,24). The maximum absolute atomic E-state index is 12.2. The van der Waals surface area contributed by atoms with Gasteiger partial charge < -0.3 is 10.1 Å². The summed E-state index contributed by atoms with van der Waals surface area (Å²) in [7, 11) is 1.66. The molecule has 0 aliphatic heterocycles. The number of thioether (sulfide) groups is 1. The summed E-state index contributed by atoms with van der Waals surface area (Å²) in [5, 5.41) is 13.6. The summed E-state index contributed by atoms with van der Waals surface area (Å²) in [4.78, 5) is 12.2. The van der Waals surface area contributed by atoms with Gasteiger partial charge in [0.25, 0.3) is 0 Å². The van der Waals surface area contributed by atoms with Gasteiger partial charge in [0.15, 0.2) is 10.8 Å². The second kappa shape index (κ2) is 7.15. The minimum Gasteiger partial charge on any atom is -0.497 e. The van der Waals surface area contributed by atoms with E-state index in [-0.39, 0.29) is 5.91 Å². The molecule has 2 aromatic heterocycles. The molecule has 1 aromatic carbocycles. The number of aromatic nitrogens is 3.